The Morgan fingerprint density at radius 2 is 1.95 bits per heavy atom. The summed E-state index contributed by atoms with van der Waals surface area (Å²) in [4.78, 5) is 26.4. The Balaban J connectivity index is 2.32. The van der Waals surface area contributed by atoms with Gasteiger partial charge in [0.2, 0.25) is 0 Å². The molecule has 0 atom stereocenters. The monoisotopic (exact) mass is 305 g/mol. The highest BCUT2D eigenvalue weighted by molar-refractivity contribution is 6.32. The molecule has 0 aliphatic heterocycles. The molecule has 0 bridgehead atoms. The molecule has 1 aromatic heterocycles. The molecule has 108 valence electrons. The summed E-state index contributed by atoms with van der Waals surface area (Å²) in [5.74, 6) is -0.476. The van der Waals surface area contributed by atoms with Crippen LogP contribution < -0.4 is 5.32 Å². The molecule has 1 heterocycles. The first-order valence-corrected chi connectivity index (χ1v) is 6.44. The van der Waals surface area contributed by atoms with Crippen LogP contribution in [0, 0.1) is 24.0 Å². The van der Waals surface area contributed by atoms with Crippen molar-refractivity contribution >= 4 is 28.9 Å². The number of non-ortho nitro benzene ring substituents is 1. The minimum Gasteiger partial charge on any atom is -0.319 e. The molecule has 1 aromatic carbocycles. The molecule has 0 unspecified atom stereocenters. The highest BCUT2D eigenvalue weighted by Crippen LogP contribution is 2.22. The van der Waals surface area contributed by atoms with Crippen molar-refractivity contribution in [3.63, 3.8) is 0 Å². The van der Waals surface area contributed by atoms with Gasteiger partial charge in [-0.25, -0.2) is 4.98 Å². The van der Waals surface area contributed by atoms with Gasteiger partial charge in [0.1, 0.15) is 0 Å². The predicted octanol–water partition coefficient (Wildman–Crippen LogP) is 3.51. The number of amides is 1. The number of nitro benzene ring substituents is 1. The molecule has 0 spiro atoms. The third-order valence-electron chi connectivity index (χ3n) is 2.76. The molecule has 0 fully saturated rings. The maximum Gasteiger partial charge on any atom is 0.270 e. The minimum absolute atomic E-state index is 0.131. The van der Waals surface area contributed by atoms with E-state index in [1.807, 2.05) is 6.92 Å². The number of aryl methyl sites for hydroxylation is 2. The van der Waals surface area contributed by atoms with Crippen molar-refractivity contribution in [2.45, 2.75) is 13.8 Å². The first-order chi connectivity index (χ1) is 9.86. The van der Waals surface area contributed by atoms with E-state index in [0.29, 0.717) is 11.3 Å². The van der Waals surface area contributed by atoms with Gasteiger partial charge in [0.15, 0.2) is 5.15 Å². The van der Waals surface area contributed by atoms with Crippen LogP contribution in [-0.4, -0.2) is 15.8 Å². The van der Waals surface area contributed by atoms with Crippen LogP contribution in [0.1, 0.15) is 21.5 Å². The van der Waals surface area contributed by atoms with Crippen LogP contribution in [0.25, 0.3) is 0 Å². The molecular formula is C14H12ClN3O3. The van der Waals surface area contributed by atoms with E-state index in [1.54, 1.807) is 25.3 Å². The number of carbonyl (C=O) groups excluding carboxylic acids is 1. The highest BCUT2D eigenvalue weighted by Gasteiger charge is 2.14. The second-order valence-corrected chi connectivity index (χ2v) is 4.98. The average molecular weight is 306 g/mol. The van der Waals surface area contributed by atoms with E-state index in [1.165, 1.54) is 12.1 Å². The Bertz CT molecular complexity index is 731. The van der Waals surface area contributed by atoms with Crippen LogP contribution in [0.15, 0.2) is 30.5 Å². The third-order valence-corrected chi connectivity index (χ3v) is 3.06. The predicted molar refractivity (Wildman–Crippen MR) is 79.8 cm³/mol. The Morgan fingerprint density at radius 1 is 1.24 bits per heavy atom. The van der Waals surface area contributed by atoms with Crippen molar-refractivity contribution in [3.05, 3.63) is 62.4 Å². The molecule has 0 aliphatic carbocycles. The van der Waals surface area contributed by atoms with E-state index < -0.39 is 10.8 Å². The largest absolute Gasteiger partial charge is 0.319 e. The fraction of sp³-hybridized carbons (Fsp3) is 0.143. The Kier molecular flexibility index (Phi) is 4.18. The van der Waals surface area contributed by atoms with Crippen LogP contribution in [0.2, 0.25) is 5.15 Å². The van der Waals surface area contributed by atoms with Crippen molar-refractivity contribution in [2.24, 2.45) is 0 Å². The van der Waals surface area contributed by atoms with Crippen LogP contribution in [0.5, 0.6) is 0 Å². The van der Waals surface area contributed by atoms with Gasteiger partial charge < -0.3 is 5.32 Å². The molecule has 0 radical (unpaired) electrons. The molecule has 2 aromatic rings. The van der Waals surface area contributed by atoms with Gasteiger partial charge in [-0.05, 0) is 37.1 Å². The molecule has 0 saturated heterocycles. The smallest absolute Gasteiger partial charge is 0.270 e. The molecule has 2 rings (SSSR count). The second kappa shape index (κ2) is 5.88. The number of hydrogen-bond donors (Lipinski definition) is 1. The molecule has 7 heteroatoms. The summed E-state index contributed by atoms with van der Waals surface area (Å²) in [5.41, 5.74) is 1.89. The fourth-order valence-corrected chi connectivity index (χ4v) is 1.98. The third kappa shape index (κ3) is 3.55. The number of nitrogens with zero attached hydrogens (tertiary/aromatic N) is 2. The van der Waals surface area contributed by atoms with Crippen LogP contribution in [0.3, 0.4) is 0 Å². The maximum absolute atomic E-state index is 12.2. The van der Waals surface area contributed by atoms with Gasteiger partial charge in [0.05, 0.1) is 10.6 Å². The van der Waals surface area contributed by atoms with E-state index in [-0.39, 0.29) is 16.4 Å². The minimum atomic E-state index is -0.537. The van der Waals surface area contributed by atoms with E-state index in [0.717, 1.165) is 5.56 Å². The summed E-state index contributed by atoms with van der Waals surface area (Å²) in [5, 5.41) is 13.6. The highest BCUT2D eigenvalue weighted by atomic mass is 35.5. The maximum atomic E-state index is 12.2. The van der Waals surface area contributed by atoms with E-state index in [9.17, 15) is 14.9 Å². The van der Waals surface area contributed by atoms with E-state index in [2.05, 4.69) is 10.3 Å². The summed E-state index contributed by atoms with van der Waals surface area (Å²) in [6.45, 7) is 3.50. The number of nitro groups is 1. The number of aromatic nitrogens is 1. The first-order valence-electron chi connectivity index (χ1n) is 6.06. The zero-order valence-corrected chi connectivity index (χ0v) is 12.1. The number of pyridine rings is 1. The SMILES string of the molecule is Cc1cc(C(=O)Nc2cc(C)cnc2Cl)cc([N+](=O)[O-])c1. The summed E-state index contributed by atoms with van der Waals surface area (Å²) < 4.78 is 0. The van der Waals surface area contributed by atoms with Gasteiger partial charge in [-0.1, -0.05) is 11.6 Å². The zero-order valence-electron chi connectivity index (χ0n) is 11.4. The van der Waals surface area contributed by atoms with Gasteiger partial charge in [-0.3, -0.25) is 14.9 Å². The molecule has 1 amide bonds. The quantitative estimate of drug-likeness (QED) is 0.534. The normalized spacial score (nSPS) is 10.2. The topological polar surface area (TPSA) is 85.1 Å². The van der Waals surface area contributed by atoms with Crippen LogP contribution >= 0.6 is 11.6 Å². The lowest BCUT2D eigenvalue weighted by Gasteiger charge is -2.08. The van der Waals surface area contributed by atoms with Crippen LogP contribution in [-0.2, 0) is 0 Å². The molecular weight excluding hydrogens is 294 g/mol. The summed E-state index contributed by atoms with van der Waals surface area (Å²) >= 11 is 5.91. The number of carbonyl (C=O) groups is 1. The average Bonchev–Trinajstić information content (AvgIpc) is 2.42. The lowest BCUT2D eigenvalue weighted by molar-refractivity contribution is -0.384. The summed E-state index contributed by atoms with van der Waals surface area (Å²) in [7, 11) is 0. The fourth-order valence-electron chi connectivity index (χ4n) is 1.83. The number of anilines is 1. The number of benzene rings is 1. The van der Waals surface area contributed by atoms with Crippen LogP contribution in [0.4, 0.5) is 11.4 Å². The number of nitrogens with one attached hydrogen (secondary N) is 1. The molecule has 0 saturated carbocycles. The van der Waals surface area contributed by atoms with Gasteiger partial charge in [0, 0.05) is 23.9 Å². The van der Waals surface area contributed by atoms with Crippen molar-refractivity contribution in [1.82, 2.24) is 4.98 Å². The van der Waals surface area contributed by atoms with Gasteiger partial charge in [0.25, 0.3) is 11.6 Å². The van der Waals surface area contributed by atoms with Gasteiger partial charge in [-0.15, -0.1) is 0 Å². The van der Waals surface area contributed by atoms with Gasteiger partial charge in [-0.2, -0.15) is 0 Å². The standard InChI is InChI=1S/C14H12ClN3O3/c1-8-3-10(6-11(4-8)18(20)21)14(19)17-12-5-9(2)7-16-13(12)15/h3-7H,1-2H3,(H,17,19). The van der Waals surface area contributed by atoms with Crippen molar-refractivity contribution in [3.8, 4) is 0 Å². The lowest BCUT2D eigenvalue weighted by Crippen LogP contribution is -2.13. The number of halogens is 1. The number of rotatable bonds is 3. The Hall–Kier alpha value is -2.47. The Labute approximate surface area is 125 Å². The Morgan fingerprint density at radius 3 is 2.62 bits per heavy atom. The van der Waals surface area contributed by atoms with Crippen molar-refractivity contribution in [2.75, 3.05) is 5.32 Å². The van der Waals surface area contributed by atoms with Gasteiger partial charge >= 0.3 is 0 Å². The second-order valence-electron chi connectivity index (χ2n) is 4.62. The summed E-state index contributed by atoms with van der Waals surface area (Å²) in [6.07, 6.45) is 1.58. The lowest BCUT2D eigenvalue weighted by atomic mass is 10.1. The molecule has 6 nitrogen and oxygen atoms in total. The molecule has 21 heavy (non-hydrogen) atoms. The van der Waals surface area contributed by atoms with E-state index >= 15 is 0 Å². The molecule has 1 N–H and O–H groups in total. The van der Waals surface area contributed by atoms with Crippen molar-refractivity contribution in [1.29, 1.82) is 0 Å². The molecule has 0 aliphatic rings. The van der Waals surface area contributed by atoms with E-state index in [4.69, 9.17) is 11.6 Å². The zero-order chi connectivity index (χ0) is 15.6. The first kappa shape index (κ1) is 14.9. The van der Waals surface area contributed by atoms with Crippen molar-refractivity contribution < 1.29 is 9.72 Å². The number of hydrogen-bond acceptors (Lipinski definition) is 4. The summed E-state index contributed by atoms with van der Waals surface area (Å²) in [6, 6.07) is 5.87.